The predicted molar refractivity (Wildman–Crippen MR) is 73.0 cm³/mol. The van der Waals surface area contributed by atoms with Crippen molar-refractivity contribution in [2.45, 2.75) is 6.92 Å². The molecule has 0 radical (unpaired) electrons. The molecule has 2 rings (SSSR count). The van der Waals surface area contributed by atoms with Gasteiger partial charge in [0.05, 0.1) is 5.75 Å². The van der Waals surface area contributed by atoms with Gasteiger partial charge in [0.25, 0.3) is 0 Å². The number of ether oxygens (including phenoxy) is 1. The second-order valence-electron chi connectivity index (χ2n) is 4.52. The van der Waals surface area contributed by atoms with Crippen LogP contribution >= 0.6 is 0 Å². The number of hydrogen-bond acceptors (Lipinski definition) is 1. The molecule has 1 nitrogen and oxygen atoms in total. The minimum Gasteiger partial charge on any atom is -0.492 e. The molecule has 20 heavy (non-hydrogen) atoms. The molecule has 0 spiro atoms. The van der Waals surface area contributed by atoms with Gasteiger partial charge < -0.3 is 17.7 Å². The summed E-state index contributed by atoms with van der Waals surface area (Å²) >= 11 is 0. The van der Waals surface area contributed by atoms with Gasteiger partial charge in [-0.05, 0) is 29.3 Å². The van der Waals surface area contributed by atoms with Gasteiger partial charge in [0.1, 0.15) is 6.61 Å². The van der Waals surface area contributed by atoms with Crippen molar-refractivity contribution in [1.82, 2.24) is 0 Å². The first-order valence-electron chi connectivity index (χ1n) is 5.88. The molecule has 2 aromatic carbocycles. The van der Waals surface area contributed by atoms with E-state index in [0.29, 0.717) is 11.0 Å². The summed E-state index contributed by atoms with van der Waals surface area (Å²) in [6.45, 7) is 0.277. The third-order valence-electron chi connectivity index (χ3n) is 2.73. The van der Waals surface area contributed by atoms with E-state index in [1.54, 1.807) is 31.2 Å². The molecule has 0 aliphatic heterocycles. The van der Waals surface area contributed by atoms with E-state index in [9.17, 15) is 12.9 Å². The zero-order chi connectivity index (χ0) is 14.0. The van der Waals surface area contributed by atoms with Crippen molar-refractivity contribution in [3.05, 3.63) is 48.6 Å². The Balaban J connectivity index is 0.00000200. The van der Waals surface area contributed by atoms with Crippen LogP contribution in [0.15, 0.2) is 48.6 Å². The average Bonchev–Trinajstić information content (AvgIpc) is 2.34. The Kier molecular flexibility index (Phi) is 6.34. The SMILES string of the molecule is C=C(C)COc1ccc2ccccc2c1[B-](F)(F)F.[K+]. The second kappa shape index (κ2) is 7.13. The number of benzene rings is 2. The van der Waals surface area contributed by atoms with E-state index in [-0.39, 0.29) is 69.1 Å². The van der Waals surface area contributed by atoms with Crippen LogP contribution in [0.3, 0.4) is 0 Å². The van der Waals surface area contributed by atoms with Crippen LogP contribution in [0.25, 0.3) is 10.8 Å². The van der Waals surface area contributed by atoms with E-state index < -0.39 is 12.4 Å². The van der Waals surface area contributed by atoms with Gasteiger partial charge in [-0.2, -0.15) is 0 Å². The quantitative estimate of drug-likeness (QED) is 0.601. The van der Waals surface area contributed by atoms with Crippen molar-refractivity contribution < 1.29 is 69.1 Å². The fraction of sp³-hybridized carbons (Fsp3) is 0.143. The molecule has 2 aromatic rings. The average molecular weight is 304 g/mol. The first-order valence-corrected chi connectivity index (χ1v) is 5.88. The van der Waals surface area contributed by atoms with Gasteiger partial charge in [-0.25, -0.2) is 0 Å². The summed E-state index contributed by atoms with van der Waals surface area (Å²) in [4.78, 5) is 0. The largest absolute Gasteiger partial charge is 1.00 e. The maximum Gasteiger partial charge on any atom is 1.00 e. The Morgan fingerprint density at radius 1 is 1.15 bits per heavy atom. The van der Waals surface area contributed by atoms with Gasteiger partial charge in [0.15, 0.2) is 0 Å². The van der Waals surface area contributed by atoms with Crippen LogP contribution in [0.4, 0.5) is 12.9 Å². The fourth-order valence-electron chi connectivity index (χ4n) is 1.94. The zero-order valence-electron chi connectivity index (χ0n) is 11.5. The standard InChI is InChI=1S/C14H13BF3O.K/c1-10(2)9-19-13-8-7-11-5-3-4-6-12(11)14(13)15(16,17)18;/h3-8H,1,9H2,2H3;/q-1;+1. The van der Waals surface area contributed by atoms with Crippen molar-refractivity contribution in [3.63, 3.8) is 0 Å². The number of halogens is 3. The molecule has 0 unspecified atom stereocenters. The third-order valence-corrected chi connectivity index (χ3v) is 2.73. The molecule has 0 fully saturated rings. The zero-order valence-corrected chi connectivity index (χ0v) is 14.6. The summed E-state index contributed by atoms with van der Waals surface area (Å²) in [7, 11) is 0. The van der Waals surface area contributed by atoms with E-state index in [4.69, 9.17) is 4.74 Å². The molecule has 0 aromatic heterocycles. The molecular weight excluding hydrogens is 291 g/mol. The topological polar surface area (TPSA) is 9.23 Å². The van der Waals surface area contributed by atoms with E-state index in [1.165, 1.54) is 12.1 Å². The Bertz CT molecular complexity index is 625. The molecule has 0 atom stereocenters. The van der Waals surface area contributed by atoms with E-state index in [0.717, 1.165) is 0 Å². The Morgan fingerprint density at radius 3 is 2.40 bits per heavy atom. The normalized spacial score (nSPS) is 11.0. The van der Waals surface area contributed by atoms with Crippen LogP contribution < -0.4 is 61.6 Å². The molecule has 0 bridgehead atoms. The maximum atomic E-state index is 13.3. The monoisotopic (exact) mass is 304 g/mol. The van der Waals surface area contributed by atoms with E-state index in [2.05, 4.69) is 6.58 Å². The summed E-state index contributed by atoms with van der Waals surface area (Å²) in [5.74, 6) is -0.130. The van der Waals surface area contributed by atoms with Gasteiger partial charge in [-0.3, -0.25) is 0 Å². The molecular formula is C14H13BF3KO. The van der Waals surface area contributed by atoms with Gasteiger partial charge >= 0.3 is 58.4 Å². The summed E-state index contributed by atoms with van der Waals surface area (Å²) in [5.41, 5.74) is 0.00753. The fourth-order valence-corrected chi connectivity index (χ4v) is 1.94. The third kappa shape index (κ3) is 4.11. The Morgan fingerprint density at radius 2 is 1.80 bits per heavy atom. The number of rotatable bonds is 4. The number of hydrogen-bond donors (Lipinski definition) is 0. The molecule has 0 amide bonds. The van der Waals surface area contributed by atoms with Gasteiger partial charge in [0.2, 0.25) is 0 Å². The summed E-state index contributed by atoms with van der Waals surface area (Å²) in [6.07, 6.45) is 0. The summed E-state index contributed by atoms with van der Waals surface area (Å²) in [6, 6.07) is 9.43. The molecule has 0 N–H and O–H groups in total. The second-order valence-corrected chi connectivity index (χ2v) is 4.52. The predicted octanol–water partition coefficient (Wildman–Crippen LogP) is 0.853. The van der Waals surface area contributed by atoms with Gasteiger partial charge in [-0.1, -0.05) is 42.4 Å². The molecule has 6 heteroatoms. The Hall–Kier alpha value is -0.269. The maximum absolute atomic E-state index is 13.3. The molecule has 0 aliphatic carbocycles. The van der Waals surface area contributed by atoms with Crippen LogP contribution in [0, 0.1) is 0 Å². The molecule has 100 valence electrons. The van der Waals surface area contributed by atoms with Gasteiger partial charge in [0, 0.05) is 0 Å². The van der Waals surface area contributed by atoms with Gasteiger partial charge in [-0.15, -0.1) is 0 Å². The van der Waals surface area contributed by atoms with E-state index >= 15 is 0 Å². The first-order chi connectivity index (χ1) is 8.89. The van der Waals surface area contributed by atoms with Crippen LogP contribution in [-0.4, -0.2) is 13.6 Å². The van der Waals surface area contributed by atoms with Crippen LogP contribution in [0.5, 0.6) is 5.75 Å². The Labute approximate surface area is 158 Å². The number of fused-ring (bicyclic) bond motifs is 1. The molecule has 0 saturated carbocycles. The molecule has 0 aliphatic rings. The first kappa shape index (κ1) is 17.8. The van der Waals surface area contributed by atoms with E-state index in [1.807, 2.05) is 0 Å². The van der Waals surface area contributed by atoms with Crippen LogP contribution in [0.2, 0.25) is 0 Å². The summed E-state index contributed by atoms with van der Waals surface area (Å²) in [5, 5.41) is 0.730. The minimum absolute atomic E-state index is 0. The van der Waals surface area contributed by atoms with Crippen molar-refractivity contribution in [2.24, 2.45) is 0 Å². The van der Waals surface area contributed by atoms with Crippen molar-refractivity contribution in [1.29, 1.82) is 0 Å². The van der Waals surface area contributed by atoms with Crippen LogP contribution in [-0.2, 0) is 0 Å². The van der Waals surface area contributed by atoms with Crippen molar-refractivity contribution >= 4 is 23.2 Å². The van der Waals surface area contributed by atoms with Crippen molar-refractivity contribution in [2.75, 3.05) is 6.61 Å². The molecule has 0 saturated heterocycles. The molecule has 0 heterocycles. The smallest absolute Gasteiger partial charge is 0.492 e. The van der Waals surface area contributed by atoms with Crippen LogP contribution in [0.1, 0.15) is 6.92 Å². The summed E-state index contributed by atoms with van der Waals surface area (Å²) < 4.78 is 45.0. The van der Waals surface area contributed by atoms with Crippen molar-refractivity contribution in [3.8, 4) is 5.75 Å². The minimum atomic E-state index is -5.14.